The Hall–Kier alpha value is -2.18. The lowest BCUT2D eigenvalue weighted by Crippen LogP contribution is -2.24. The van der Waals surface area contributed by atoms with Crippen LogP contribution in [0.3, 0.4) is 0 Å². The van der Waals surface area contributed by atoms with Crippen LogP contribution in [0.5, 0.6) is 5.88 Å². The molecular weight excluding hydrogens is 246 g/mol. The maximum Gasteiger partial charge on any atom is 0.231 e. The van der Waals surface area contributed by atoms with E-state index in [1.807, 2.05) is 0 Å². The fourth-order valence-electron chi connectivity index (χ4n) is 1.87. The molecule has 0 atom stereocenters. The third-order valence-corrected chi connectivity index (χ3v) is 3.13. The molecule has 0 aromatic carbocycles. The minimum absolute atomic E-state index is 0.0575. The van der Waals surface area contributed by atoms with Crippen molar-refractivity contribution in [1.29, 1.82) is 0 Å². The predicted octanol–water partition coefficient (Wildman–Crippen LogP) is 0.549. The Morgan fingerprint density at radius 3 is 3.05 bits per heavy atom. The van der Waals surface area contributed by atoms with Crippen LogP contribution in [0.4, 0.5) is 0 Å². The van der Waals surface area contributed by atoms with Gasteiger partial charge in [0.1, 0.15) is 0 Å². The molecule has 1 amide bonds. The number of hydrogen-bond donors (Lipinski definition) is 1. The third-order valence-electron chi connectivity index (χ3n) is 3.13. The molecular formula is C12H15N5O2. The first kappa shape index (κ1) is 11.9. The van der Waals surface area contributed by atoms with Crippen LogP contribution in [0, 0.1) is 5.92 Å². The average Bonchev–Trinajstić information content (AvgIpc) is 3.14. The lowest BCUT2D eigenvalue weighted by molar-refractivity contribution is -0.121. The zero-order chi connectivity index (χ0) is 13.2. The van der Waals surface area contributed by atoms with Gasteiger partial charge in [-0.1, -0.05) is 0 Å². The monoisotopic (exact) mass is 261 g/mol. The first-order valence-corrected chi connectivity index (χ1v) is 6.28. The van der Waals surface area contributed by atoms with E-state index in [2.05, 4.69) is 20.6 Å². The molecule has 100 valence electrons. The van der Waals surface area contributed by atoms with E-state index in [1.54, 1.807) is 23.8 Å². The first-order valence-electron chi connectivity index (χ1n) is 6.28. The molecule has 1 aliphatic rings. The van der Waals surface area contributed by atoms with Gasteiger partial charge in [0, 0.05) is 12.5 Å². The summed E-state index contributed by atoms with van der Waals surface area (Å²) >= 11 is 0. The summed E-state index contributed by atoms with van der Waals surface area (Å²) in [6.07, 6.45) is 2.94. The van der Waals surface area contributed by atoms with Crippen molar-refractivity contribution in [2.24, 2.45) is 5.92 Å². The SMILES string of the molecule is COc1ccc2nnc(CNC(=O)CC3CC3)n2n1. The highest BCUT2D eigenvalue weighted by atomic mass is 16.5. The molecule has 2 aromatic rings. The van der Waals surface area contributed by atoms with Crippen LogP contribution in [0.25, 0.3) is 5.65 Å². The van der Waals surface area contributed by atoms with Gasteiger partial charge in [0.05, 0.1) is 13.7 Å². The Labute approximate surface area is 110 Å². The molecule has 0 aliphatic heterocycles. The fraction of sp³-hybridized carbons (Fsp3) is 0.500. The molecule has 0 unspecified atom stereocenters. The van der Waals surface area contributed by atoms with Gasteiger partial charge in [0.2, 0.25) is 11.8 Å². The van der Waals surface area contributed by atoms with Crippen LogP contribution in [-0.4, -0.2) is 32.8 Å². The molecule has 0 bridgehead atoms. The quantitative estimate of drug-likeness (QED) is 0.850. The van der Waals surface area contributed by atoms with Crippen LogP contribution in [0.2, 0.25) is 0 Å². The third kappa shape index (κ3) is 2.64. The molecule has 2 aromatic heterocycles. The minimum Gasteiger partial charge on any atom is -0.480 e. The van der Waals surface area contributed by atoms with Crippen LogP contribution in [-0.2, 0) is 11.3 Å². The van der Waals surface area contributed by atoms with Gasteiger partial charge in [-0.2, -0.15) is 4.52 Å². The number of aromatic nitrogens is 4. The second-order valence-electron chi connectivity index (χ2n) is 4.69. The number of nitrogens with zero attached hydrogens (tertiary/aromatic N) is 4. The molecule has 1 N–H and O–H groups in total. The van der Waals surface area contributed by atoms with Crippen molar-refractivity contribution in [2.75, 3.05) is 7.11 Å². The van der Waals surface area contributed by atoms with Crippen molar-refractivity contribution in [3.8, 4) is 5.88 Å². The van der Waals surface area contributed by atoms with Crippen molar-refractivity contribution in [1.82, 2.24) is 25.1 Å². The Morgan fingerprint density at radius 1 is 1.47 bits per heavy atom. The predicted molar refractivity (Wildman–Crippen MR) is 66.5 cm³/mol. The van der Waals surface area contributed by atoms with Crippen molar-refractivity contribution in [3.63, 3.8) is 0 Å². The van der Waals surface area contributed by atoms with E-state index in [0.717, 1.165) is 0 Å². The largest absolute Gasteiger partial charge is 0.480 e. The number of hydrogen-bond acceptors (Lipinski definition) is 5. The zero-order valence-corrected chi connectivity index (χ0v) is 10.7. The van der Waals surface area contributed by atoms with E-state index in [0.29, 0.717) is 36.2 Å². The Morgan fingerprint density at radius 2 is 2.32 bits per heavy atom. The van der Waals surface area contributed by atoms with Gasteiger partial charge in [-0.3, -0.25) is 4.79 Å². The summed E-state index contributed by atoms with van der Waals surface area (Å²) in [5, 5.41) is 15.1. The molecule has 1 aliphatic carbocycles. The standard InChI is InChI=1S/C12H15N5O2/c1-19-12-5-4-9-14-15-10(17(9)16-12)7-13-11(18)6-8-2-3-8/h4-5,8H,2-3,6-7H2,1H3,(H,13,18). The van der Waals surface area contributed by atoms with E-state index in [-0.39, 0.29) is 5.91 Å². The molecule has 3 rings (SSSR count). The van der Waals surface area contributed by atoms with Gasteiger partial charge >= 0.3 is 0 Å². The number of rotatable bonds is 5. The Balaban J connectivity index is 1.70. The van der Waals surface area contributed by atoms with E-state index >= 15 is 0 Å². The Bertz CT molecular complexity index is 605. The molecule has 0 spiro atoms. The van der Waals surface area contributed by atoms with E-state index in [4.69, 9.17) is 4.74 Å². The first-order chi connectivity index (χ1) is 9.26. The Kier molecular flexibility index (Phi) is 3.02. The number of nitrogens with one attached hydrogen (secondary N) is 1. The molecule has 0 saturated heterocycles. The zero-order valence-electron chi connectivity index (χ0n) is 10.7. The van der Waals surface area contributed by atoms with Crippen molar-refractivity contribution >= 4 is 11.6 Å². The second-order valence-corrected chi connectivity index (χ2v) is 4.69. The lowest BCUT2D eigenvalue weighted by atomic mass is 10.3. The molecule has 1 saturated carbocycles. The van der Waals surface area contributed by atoms with Crippen LogP contribution in [0.1, 0.15) is 25.1 Å². The fourth-order valence-corrected chi connectivity index (χ4v) is 1.87. The van der Waals surface area contributed by atoms with Crippen molar-refractivity contribution < 1.29 is 9.53 Å². The minimum atomic E-state index is 0.0575. The van der Waals surface area contributed by atoms with Crippen LogP contribution in [0.15, 0.2) is 12.1 Å². The van der Waals surface area contributed by atoms with Crippen LogP contribution >= 0.6 is 0 Å². The number of ether oxygens (including phenoxy) is 1. The molecule has 7 heteroatoms. The number of fused-ring (bicyclic) bond motifs is 1. The maximum absolute atomic E-state index is 11.6. The maximum atomic E-state index is 11.6. The molecule has 1 fully saturated rings. The lowest BCUT2D eigenvalue weighted by Gasteiger charge is -2.03. The van der Waals surface area contributed by atoms with Gasteiger partial charge in [-0.05, 0) is 24.8 Å². The molecule has 7 nitrogen and oxygen atoms in total. The van der Waals surface area contributed by atoms with Gasteiger partial charge < -0.3 is 10.1 Å². The van der Waals surface area contributed by atoms with Gasteiger partial charge in [0.25, 0.3) is 0 Å². The number of carbonyl (C=O) groups is 1. The summed E-state index contributed by atoms with van der Waals surface area (Å²) in [5.74, 6) is 1.71. The summed E-state index contributed by atoms with van der Waals surface area (Å²) in [6.45, 7) is 0.326. The summed E-state index contributed by atoms with van der Waals surface area (Å²) in [4.78, 5) is 11.6. The summed E-state index contributed by atoms with van der Waals surface area (Å²) < 4.78 is 6.64. The van der Waals surface area contributed by atoms with Crippen molar-refractivity contribution in [3.05, 3.63) is 18.0 Å². The smallest absolute Gasteiger partial charge is 0.231 e. The number of carbonyl (C=O) groups excluding carboxylic acids is 1. The highest BCUT2D eigenvalue weighted by Gasteiger charge is 2.24. The highest BCUT2D eigenvalue weighted by molar-refractivity contribution is 5.76. The second kappa shape index (κ2) is 4.83. The van der Waals surface area contributed by atoms with E-state index in [1.165, 1.54) is 12.8 Å². The summed E-state index contributed by atoms with van der Waals surface area (Å²) in [6, 6.07) is 3.49. The van der Waals surface area contributed by atoms with Gasteiger partial charge in [-0.25, -0.2) is 0 Å². The van der Waals surface area contributed by atoms with Gasteiger partial charge in [-0.15, -0.1) is 15.3 Å². The summed E-state index contributed by atoms with van der Waals surface area (Å²) in [5.41, 5.74) is 0.632. The summed E-state index contributed by atoms with van der Waals surface area (Å²) in [7, 11) is 1.55. The average molecular weight is 261 g/mol. The number of amides is 1. The highest BCUT2D eigenvalue weighted by Crippen LogP contribution is 2.32. The molecule has 0 radical (unpaired) electrons. The molecule has 19 heavy (non-hydrogen) atoms. The topological polar surface area (TPSA) is 81.4 Å². The normalized spacial score (nSPS) is 14.6. The van der Waals surface area contributed by atoms with Crippen molar-refractivity contribution in [2.45, 2.75) is 25.8 Å². The van der Waals surface area contributed by atoms with Crippen LogP contribution < -0.4 is 10.1 Å². The molecule has 2 heterocycles. The van der Waals surface area contributed by atoms with E-state index < -0.39 is 0 Å². The van der Waals surface area contributed by atoms with E-state index in [9.17, 15) is 4.79 Å². The number of methoxy groups -OCH3 is 1. The van der Waals surface area contributed by atoms with Gasteiger partial charge in [0.15, 0.2) is 11.5 Å².